The number of amides is 1. The smallest absolute Gasteiger partial charge is 0.260 e. The molecular formula is C23H25ClN4O2. The van der Waals surface area contributed by atoms with Gasteiger partial charge in [-0.1, -0.05) is 48.0 Å². The second-order valence-corrected chi connectivity index (χ2v) is 7.93. The van der Waals surface area contributed by atoms with Crippen LogP contribution in [0.4, 0.5) is 5.82 Å². The van der Waals surface area contributed by atoms with Crippen molar-refractivity contribution in [2.45, 2.75) is 31.9 Å². The van der Waals surface area contributed by atoms with Crippen molar-refractivity contribution in [1.29, 1.82) is 0 Å². The average molecular weight is 425 g/mol. The topological polar surface area (TPSA) is 70.2 Å². The number of benzene rings is 2. The predicted octanol–water partition coefficient (Wildman–Crippen LogP) is 4.28. The molecule has 1 aliphatic heterocycles. The third-order valence-electron chi connectivity index (χ3n) is 5.29. The predicted molar refractivity (Wildman–Crippen MR) is 119 cm³/mol. The van der Waals surface area contributed by atoms with E-state index in [1.807, 2.05) is 18.2 Å². The molecule has 0 spiro atoms. The molecule has 30 heavy (non-hydrogen) atoms. The number of H-pyrrole nitrogens is 1. The zero-order valence-corrected chi connectivity index (χ0v) is 17.6. The maximum absolute atomic E-state index is 12.5. The van der Waals surface area contributed by atoms with Gasteiger partial charge >= 0.3 is 0 Å². The quantitative estimate of drug-likeness (QED) is 0.619. The Balaban J connectivity index is 1.27. The molecule has 3 aromatic rings. The first-order valence-corrected chi connectivity index (χ1v) is 10.5. The fraction of sp³-hybridized carbons (Fsp3) is 0.304. The van der Waals surface area contributed by atoms with Crippen LogP contribution in [0, 0.1) is 0 Å². The minimum Gasteiger partial charge on any atom is -0.481 e. The van der Waals surface area contributed by atoms with Crippen molar-refractivity contribution in [3.05, 3.63) is 65.7 Å². The molecule has 1 unspecified atom stereocenters. The molecule has 0 bridgehead atoms. The molecule has 1 aromatic heterocycles. The summed E-state index contributed by atoms with van der Waals surface area (Å²) in [6.07, 6.45) is 1.15. The van der Waals surface area contributed by atoms with Gasteiger partial charge in [0.25, 0.3) is 5.91 Å². The Morgan fingerprint density at radius 2 is 1.93 bits per heavy atom. The van der Waals surface area contributed by atoms with Crippen molar-refractivity contribution in [2.75, 3.05) is 18.0 Å². The number of halogens is 1. The Hall–Kier alpha value is -2.99. The average Bonchev–Trinajstić information content (AvgIpc) is 3.25. The monoisotopic (exact) mass is 424 g/mol. The van der Waals surface area contributed by atoms with Crippen molar-refractivity contribution in [3.8, 4) is 17.0 Å². The number of aromatic amines is 1. The lowest BCUT2D eigenvalue weighted by Crippen LogP contribution is -2.48. The van der Waals surface area contributed by atoms with E-state index in [1.165, 1.54) is 0 Å². The van der Waals surface area contributed by atoms with Crippen LogP contribution in [-0.4, -0.2) is 41.3 Å². The third kappa shape index (κ3) is 4.94. The summed E-state index contributed by atoms with van der Waals surface area (Å²) in [6, 6.07) is 19.4. The lowest BCUT2D eigenvalue weighted by Gasteiger charge is -2.32. The van der Waals surface area contributed by atoms with Crippen LogP contribution in [-0.2, 0) is 4.79 Å². The number of nitrogens with zero attached hydrogens (tertiary/aromatic N) is 2. The minimum atomic E-state index is -0.582. The summed E-state index contributed by atoms with van der Waals surface area (Å²) in [5.41, 5.74) is 2.13. The molecule has 2 heterocycles. The van der Waals surface area contributed by atoms with Crippen LogP contribution in [0.1, 0.15) is 19.8 Å². The zero-order chi connectivity index (χ0) is 20.9. The molecule has 1 amide bonds. The molecular weight excluding hydrogens is 400 g/mol. The molecule has 1 saturated heterocycles. The van der Waals surface area contributed by atoms with Gasteiger partial charge in [0.2, 0.25) is 0 Å². The van der Waals surface area contributed by atoms with E-state index in [1.54, 1.807) is 31.2 Å². The number of anilines is 1. The van der Waals surface area contributed by atoms with Gasteiger partial charge in [0.1, 0.15) is 5.75 Å². The number of carbonyl (C=O) groups excluding carboxylic acids is 1. The number of ether oxygens (including phenoxy) is 1. The molecule has 7 heteroatoms. The molecule has 1 atom stereocenters. The van der Waals surface area contributed by atoms with Gasteiger partial charge in [-0.05, 0) is 43.5 Å². The summed E-state index contributed by atoms with van der Waals surface area (Å²) in [5, 5.41) is 11.3. The number of carbonyl (C=O) groups is 1. The van der Waals surface area contributed by atoms with Gasteiger partial charge in [-0.3, -0.25) is 9.89 Å². The minimum absolute atomic E-state index is 0.112. The first-order chi connectivity index (χ1) is 14.6. The Bertz CT molecular complexity index is 984. The lowest BCUT2D eigenvalue weighted by atomic mass is 10.0. The Morgan fingerprint density at radius 1 is 1.17 bits per heavy atom. The van der Waals surface area contributed by atoms with Crippen LogP contribution in [0.15, 0.2) is 60.7 Å². The normalized spacial score (nSPS) is 15.6. The first kappa shape index (κ1) is 20.3. The first-order valence-electron chi connectivity index (χ1n) is 10.2. The molecule has 1 fully saturated rings. The van der Waals surface area contributed by atoms with E-state index in [4.69, 9.17) is 16.3 Å². The molecule has 156 valence electrons. The van der Waals surface area contributed by atoms with Gasteiger partial charge < -0.3 is 15.0 Å². The van der Waals surface area contributed by atoms with Crippen molar-refractivity contribution in [2.24, 2.45) is 0 Å². The van der Waals surface area contributed by atoms with Gasteiger partial charge in [-0.2, -0.15) is 5.10 Å². The van der Waals surface area contributed by atoms with Crippen molar-refractivity contribution in [1.82, 2.24) is 15.5 Å². The Labute approximate surface area is 181 Å². The Kier molecular flexibility index (Phi) is 6.23. The van der Waals surface area contributed by atoms with E-state index >= 15 is 0 Å². The summed E-state index contributed by atoms with van der Waals surface area (Å²) in [6.45, 7) is 3.43. The third-order valence-corrected chi connectivity index (χ3v) is 5.53. The SMILES string of the molecule is CC(Oc1cccc(Cl)c1)C(=O)NC1CCN(c2cc(-c3ccccc3)[nH]n2)CC1. The van der Waals surface area contributed by atoms with Gasteiger partial charge in [0.05, 0.1) is 5.69 Å². The standard InChI is InChI=1S/C23H25ClN4O2/c1-16(30-20-9-5-8-18(24)14-20)23(29)25-19-10-12-28(13-11-19)22-15-21(26-27-22)17-6-3-2-4-7-17/h2-9,14-16,19H,10-13H2,1H3,(H,25,29)(H,26,27). The summed E-state index contributed by atoms with van der Waals surface area (Å²) in [7, 11) is 0. The van der Waals surface area contributed by atoms with Gasteiger partial charge in [-0.15, -0.1) is 0 Å². The fourth-order valence-electron chi connectivity index (χ4n) is 3.61. The van der Waals surface area contributed by atoms with E-state index in [0.717, 1.165) is 43.0 Å². The van der Waals surface area contributed by atoms with Crippen LogP contribution in [0.3, 0.4) is 0 Å². The number of piperidine rings is 1. The largest absolute Gasteiger partial charge is 0.481 e. The Morgan fingerprint density at radius 3 is 2.67 bits per heavy atom. The van der Waals surface area contributed by atoms with E-state index in [9.17, 15) is 4.79 Å². The lowest BCUT2D eigenvalue weighted by molar-refractivity contribution is -0.128. The van der Waals surface area contributed by atoms with Crippen LogP contribution in [0.2, 0.25) is 5.02 Å². The highest BCUT2D eigenvalue weighted by atomic mass is 35.5. The molecule has 2 N–H and O–H groups in total. The molecule has 2 aromatic carbocycles. The summed E-state index contributed by atoms with van der Waals surface area (Å²) < 4.78 is 5.71. The summed E-state index contributed by atoms with van der Waals surface area (Å²) in [5.74, 6) is 1.42. The van der Waals surface area contributed by atoms with Crippen LogP contribution < -0.4 is 15.0 Å². The molecule has 0 radical (unpaired) electrons. The number of rotatable bonds is 6. The van der Waals surface area contributed by atoms with Crippen LogP contribution in [0.25, 0.3) is 11.3 Å². The highest BCUT2D eigenvalue weighted by Gasteiger charge is 2.24. The van der Waals surface area contributed by atoms with Crippen LogP contribution >= 0.6 is 11.6 Å². The highest BCUT2D eigenvalue weighted by molar-refractivity contribution is 6.30. The number of hydrogen-bond acceptors (Lipinski definition) is 4. The maximum atomic E-state index is 12.5. The van der Waals surface area contributed by atoms with Crippen molar-refractivity contribution in [3.63, 3.8) is 0 Å². The van der Waals surface area contributed by atoms with E-state index in [-0.39, 0.29) is 11.9 Å². The molecule has 6 nitrogen and oxygen atoms in total. The second-order valence-electron chi connectivity index (χ2n) is 7.49. The van der Waals surface area contributed by atoms with E-state index in [0.29, 0.717) is 10.8 Å². The zero-order valence-electron chi connectivity index (χ0n) is 16.8. The molecule has 0 aliphatic carbocycles. The number of hydrogen-bond donors (Lipinski definition) is 2. The highest BCUT2D eigenvalue weighted by Crippen LogP contribution is 2.24. The van der Waals surface area contributed by atoms with Crippen LogP contribution in [0.5, 0.6) is 5.75 Å². The van der Waals surface area contributed by atoms with Gasteiger partial charge in [-0.25, -0.2) is 0 Å². The molecule has 4 rings (SSSR count). The molecule has 1 aliphatic rings. The maximum Gasteiger partial charge on any atom is 0.260 e. The summed E-state index contributed by atoms with van der Waals surface area (Å²) >= 11 is 5.97. The van der Waals surface area contributed by atoms with Gasteiger partial charge in [0.15, 0.2) is 11.9 Å². The van der Waals surface area contributed by atoms with Crippen molar-refractivity contribution < 1.29 is 9.53 Å². The van der Waals surface area contributed by atoms with Crippen molar-refractivity contribution >= 4 is 23.3 Å². The molecule has 0 saturated carbocycles. The fourth-order valence-corrected chi connectivity index (χ4v) is 3.79. The summed E-state index contributed by atoms with van der Waals surface area (Å²) in [4.78, 5) is 14.8. The van der Waals surface area contributed by atoms with E-state index < -0.39 is 6.10 Å². The number of aromatic nitrogens is 2. The van der Waals surface area contributed by atoms with E-state index in [2.05, 4.69) is 38.6 Å². The second kappa shape index (κ2) is 9.22. The number of nitrogens with one attached hydrogen (secondary N) is 2. The van der Waals surface area contributed by atoms with Gasteiger partial charge in [0, 0.05) is 30.2 Å².